The van der Waals surface area contributed by atoms with E-state index in [2.05, 4.69) is 11.9 Å². The van der Waals surface area contributed by atoms with Gasteiger partial charge in [0.25, 0.3) is 0 Å². The third kappa shape index (κ3) is 5.05. The molecule has 0 amide bonds. The fourth-order valence-electron chi connectivity index (χ4n) is 1.77. The highest BCUT2D eigenvalue weighted by molar-refractivity contribution is 6.35. The molecular weight excluding hydrogens is 323 g/mol. The van der Waals surface area contributed by atoms with E-state index in [1.165, 1.54) is 0 Å². The summed E-state index contributed by atoms with van der Waals surface area (Å²) in [4.78, 5) is 4.00. The lowest BCUT2D eigenvalue weighted by Gasteiger charge is -2.13. The number of benzene rings is 1. The Morgan fingerprint density at radius 3 is 2.91 bits per heavy atom. The van der Waals surface area contributed by atoms with Gasteiger partial charge in [0.05, 0.1) is 24.2 Å². The molecule has 0 aliphatic carbocycles. The van der Waals surface area contributed by atoms with Gasteiger partial charge < -0.3 is 14.0 Å². The zero-order valence-corrected chi connectivity index (χ0v) is 13.8. The van der Waals surface area contributed by atoms with E-state index in [4.69, 9.17) is 32.7 Å². The fraction of sp³-hybridized carbons (Fsp3) is 0.312. The van der Waals surface area contributed by atoms with Gasteiger partial charge in [0.2, 0.25) is 0 Å². The minimum atomic E-state index is 0.166. The van der Waals surface area contributed by atoms with E-state index in [0.29, 0.717) is 22.4 Å². The monoisotopic (exact) mass is 340 g/mol. The average molecular weight is 341 g/mol. The molecule has 0 aliphatic heterocycles. The SMILES string of the molecule is CCCCOCO/C(=C/n1ccnc1)c1ccc(Cl)cc1Cl. The molecule has 1 aromatic carbocycles. The second-order valence-electron chi connectivity index (χ2n) is 4.65. The number of halogens is 2. The zero-order valence-electron chi connectivity index (χ0n) is 12.3. The Kier molecular flexibility index (Phi) is 6.77. The van der Waals surface area contributed by atoms with Crippen LogP contribution in [0.3, 0.4) is 0 Å². The first-order chi connectivity index (χ1) is 10.7. The van der Waals surface area contributed by atoms with Crippen molar-refractivity contribution in [2.75, 3.05) is 13.4 Å². The van der Waals surface area contributed by atoms with Crippen LogP contribution in [0.2, 0.25) is 10.0 Å². The van der Waals surface area contributed by atoms with E-state index >= 15 is 0 Å². The first kappa shape index (κ1) is 16.9. The van der Waals surface area contributed by atoms with E-state index < -0.39 is 0 Å². The highest BCUT2D eigenvalue weighted by Crippen LogP contribution is 2.28. The summed E-state index contributed by atoms with van der Waals surface area (Å²) in [5.74, 6) is 0.594. The summed E-state index contributed by atoms with van der Waals surface area (Å²) in [7, 11) is 0. The molecule has 0 spiro atoms. The molecule has 0 atom stereocenters. The molecule has 0 bridgehead atoms. The Labute approximate surface area is 140 Å². The second-order valence-corrected chi connectivity index (χ2v) is 5.50. The first-order valence-corrected chi connectivity index (χ1v) is 7.81. The highest BCUT2D eigenvalue weighted by Gasteiger charge is 2.09. The molecular formula is C16H18Cl2N2O2. The van der Waals surface area contributed by atoms with Crippen molar-refractivity contribution in [3.8, 4) is 0 Å². The molecule has 0 fully saturated rings. The number of ether oxygens (including phenoxy) is 2. The maximum Gasteiger partial charge on any atom is 0.189 e. The summed E-state index contributed by atoms with van der Waals surface area (Å²) in [5, 5.41) is 1.10. The van der Waals surface area contributed by atoms with Crippen molar-refractivity contribution >= 4 is 35.2 Å². The van der Waals surface area contributed by atoms with Gasteiger partial charge in [0, 0.05) is 23.0 Å². The predicted octanol–water partition coefficient (Wildman–Crippen LogP) is 4.94. The van der Waals surface area contributed by atoms with Crippen LogP contribution in [0.1, 0.15) is 25.3 Å². The maximum absolute atomic E-state index is 6.26. The number of hydrogen-bond acceptors (Lipinski definition) is 3. The van der Waals surface area contributed by atoms with E-state index in [0.717, 1.165) is 18.4 Å². The standard InChI is InChI=1S/C16H18Cl2N2O2/c1-2-3-8-21-12-22-16(10-20-7-6-19-11-20)14-5-4-13(17)9-15(14)18/h4-7,9-11H,2-3,8,12H2,1H3/b16-10+. The summed E-state index contributed by atoms with van der Waals surface area (Å²) in [5.41, 5.74) is 0.749. The van der Waals surface area contributed by atoms with Gasteiger partial charge in [-0.1, -0.05) is 36.5 Å². The summed E-state index contributed by atoms with van der Waals surface area (Å²) in [6.07, 6.45) is 9.06. The minimum Gasteiger partial charge on any atom is -0.465 e. The van der Waals surface area contributed by atoms with E-state index in [1.54, 1.807) is 35.4 Å². The molecule has 0 saturated heterocycles. The Balaban J connectivity index is 2.14. The number of imidazole rings is 1. The molecule has 118 valence electrons. The maximum atomic E-state index is 6.26. The van der Waals surface area contributed by atoms with Crippen molar-refractivity contribution in [3.63, 3.8) is 0 Å². The van der Waals surface area contributed by atoms with Gasteiger partial charge in [-0.2, -0.15) is 0 Å². The van der Waals surface area contributed by atoms with Crippen LogP contribution in [0, 0.1) is 0 Å². The van der Waals surface area contributed by atoms with Gasteiger partial charge in [-0.15, -0.1) is 0 Å². The summed E-state index contributed by atoms with van der Waals surface area (Å²) in [6, 6.07) is 5.27. The van der Waals surface area contributed by atoms with Crippen LogP contribution in [0.4, 0.5) is 0 Å². The molecule has 6 heteroatoms. The van der Waals surface area contributed by atoms with Gasteiger partial charge in [-0.25, -0.2) is 4.98 Å². The lowest BCUT2D eigenvalue weighted by Crippen LogP contribution is -2.02. The number of aromatic nitrogens is 2. The normalized spacial score (nSPS) is 11.7. The molecule has 4 nitrogen and oxygen atoms in total. The minimum absolute atomic E-state index is 0.166. The smallest absolute Gasteiger partial charge is 0.189 e. The van der Waals surface area contributed by atoms with Crippen LogP contribution in [-0.4, -0.2) is 23.0 Å². The van der Waals surface area contributed by atoms with Crippen molar-refractivity contribution in [1.29, 1.82) is 0 Å². The van der Waals surface area contributed by atoms with Crippen LogP contribution >= 0.6 is 23.2 Å². The van der Waals surface area contributed by atoms with Crippen LogP contribution < -0.4 is 0 Å². The molecule has 0 aliphatic rings. The topological polar surface area (TPSA) is 36.3 Å². The van der Waals surface area contributed by atoms with Gasteiger partial charge >= 0.3 is 0 Å². The van der Waals surface area contributed by atoms with Crippen LogP contribution in [0.5, 0.6) is 0 Å². The number of hydrogen-bond donors (Lipinski definition) is 0. The molecule has 22 heavy (non-hydrogen) atoms. The quantitative estimate of drug-likeness (QED) is 0.388. The molecule has 0 saturated carbocycles. The summed E-state index contributed by atoms with van der Waals surface area (Å²) < 4.78 is 13.0. The van der Waals surface area contributed by atoms with Crippen LogP contribution in [0.15, 0.2) is 36.9 Å². The Hall–Kier alpha value is -1.49. The van der Waals surface area contributed by atoms with E-state index in [9.17, 15) is 0 Å². The number of nitrogens with zero attached hydrogens (tertiary/aromatic N) is 2. The van der Waals surface area contributed by atoms with Crippen molar-refractivity contribution in [2.24, 2.45) is 0 Å². The molecule has 0 N–H and O–H groups in total. The average Bonchev–Trinajstić information content (AvgIpc) is 2.99. The van der Waals surface area contributed by atoms with Crippen LogP contribution in [0.25, 0.3) is 12.0 Å². The molecule has 0 unspecified atom stereocenters. The summed E-state index contributed by atoms with van der Waals surface area (Å²) >= 11 is 12.2. The van der Waals surface area contributed by atoms with Gasteiger partial charge in [0.1, 0.15) is 5.76 Å². The van der Waals surface area contributed by atoms with E-state index in [-0.39, 0.29) is 6.79 Å². The third-order valence-electron chi connectivity index (χ3n) is 2.93. The molecule has 2 aromatic rings. The van der Waals surface area contributed by atoms with Crippen LogP contribution in [-0.2, 0) is 9.47 Å². The Bertz CT molecular complexity index is 613. The van der Waals surface area contributed by atoms with Gasteiger partial charge in [-0.3, -0.25) is 0 Å². The number of unbranched alkanes of at least 4 members (excludes halogenated alkanes) is 1. The van der Waals surface area contributed by atoms with E-state index in [1.807, 2.05) is 12.3 Å². The van der Waals surface area contributed by atoms with Gasteiger partial charge in [0.15, 0.2) is 6.79 Å². The second kappa shape index (κ2) is 8.83. The van der Waals surface area contributed by atoms with Crippen molar-refractivity contribution in [3.05, 3.63) is 52.5 Å². The largest absolute Gasteiger partial charge is 0.465 e. The highest BCUT2D eigenvalue weighted by atomic mass is 35.5. The molecule has 2 rings (SSSR count). The lowest BCUT2D eigenvalue weighted by molar-refractivity contribution is -0.00191. The Morgan fingerprint density at radius 1 is 1.36 bits per heavy atom. The van der Waals surface area contributed by atoms with Gasteiger partial charge in [-0.05, 0) is 24.6 Å². The molecule has 1 aromatic heterocycles. The predicted molar refractivity (Wildman–Crippen MR) is 89.7 cm³/mol. The van der Waals surface area contributed by atoms with Crippen molar-refractivity contribution in [2.45, 2.75) is 19.8 Å². The third-order valence-corrected chi connectivity index (χ3v) is 3.48. The molecule has 0 radical (unpaired) electrons. The fourth-order valence-corrected chi connectivity index (χ4v) is 2.27. The van der Waals surface area contributed by atoms with Crippen molar-refractivity contribution < 1.29 is 9.47 Å². The summed E-state index contributed by atoms with van der Waals surface area (Å²) in [6.45, 7) is 2.95. The molecule has 1 heterocycles. The lowest BCUT2D eigenvalue weighted by atomic mass is 10.2. The van der Waals surface area contributed by atoms with Crippen molar-refractivity contribution in [1.82, 2.24) is 9.55 Å². The zero-order chi connectivity index (χ0) is 15.8. The first-order valence-electron chi connectivity index (χ1n) is 7.06. The Morgan fingerprint density at radius 2 is 2.23 bits per heavy atom. The number of rotatable bonds is 8.